The molecule has 0 fully saturated rings. The van der Waals surface area contributed by atoms with Gasteiger partial charge in [0.2, 0.25) is 5.91 Å². The molecule has 0 aliphatic carbocycles. The van der Waals surface area contributed by atoms with Gasteiger partial charge in [-0.3, -0.25) is 9.59 Å². The highest BCUT2D eigenvalue weighted by Gasteiger charge is 2.20. The molecule has 1 amide bonds. The minimum atomic E-state index is -0.904. The number of thioether (sulfide) groups is 1. The Bertz CT molecular complexity index is 520. The Morgan fingerprint density at radius 2 is 1.73 bits per heavy atom. The number of carbonyl (C=O) groups excluding carboxylic acids is 1. The molecule has 0 heterocycles. The molecule has 1 aromatic carbocycles. The molecule has 0 saturated heterocycles. The van der Waals surface area contributed by atoms with Crippen molar-refractivity contribution in [2.45, 2.75) is 51.0 Å². The second kappa shape index (κ2) is 7.68. The smallest absolute Gasteiger partial charge is 0.308 e. The van der Waals surface area contributed by atoms with Gasteiger partial charge < -0.3 is 10.4 Å². The Labute approximate surface area is 136 Å². The zero-order chi connectivity index (χ0) is 16.9. The van der Waals surface area contributed by atoms with E-state index >= 15 is 0 Å². The summed E-state index contributed by atoms with van der Waals surface area (Å²) in [6.45, 7) is 9.78. The molecular formula is C17H25NO3S. The van der Waals surface area contributed by atoms with Crippen LogP contribution in [0, 0.1) is 5.92 Å². The van der Waals surface area contributed by atoms with Crippen LogP contribution < -0.4 is 5.32 Å². The van der Waals surface area contributed by atoms with Crippen molar-refractivity contribution in [1.29, 1.82) is 0 Å². The molecule has 0 bridgehead atoms. The van der Waals surface area contributed by atoms with Crippen molar-refractivity contribution in [3.8, 4) is 0 Å². The van der Waals surface area contributed by atoms with Crippen LogP contribution >= 0.6 is 11.8 Å². The van der Waals surface area contributed by atoms with E-state index < -0.39 is 11.9 Å². The first-order chi connectivity index (χ1) is 10.1. The van der Waals surface area contributed by atoms with Gasteiger partial charge in [0.15, 0.2) is 0 Å². The Kier molecular flexibility index (Phi) is 6.48. The fourth-order valence-electron chi connectivity index (χ4n) is 1.83. The molecule has 2 N–H and O–H groups in total. The van der Waals surface area contributed by atoms with Gasteiger partial charge in [-0.25, -0.2) is 0 Å². The monoisotopic (exact) mass is 323 g/mol. The predicted octanol–water partition coefficient (Wildman–Crippen LogP) is 3.30. The van der Waals surface area contributed by atoms with Gasteiger partial charge in [0, 0.05) is 10.9 Å². The second-order valence-corrected chi connectivity index (χ2v) is 7.59. The average Bonchev–Trinajstić information content (AvgIpc) is 2.43. The van der Waals surface area contributed by atoms with E-state index in [0.29, 0.717) is 0 Å². The van der Waals surface area contributed by atoms with Crippen LogP contribution in [0.5, 0.6) is 0 Å². The van der Waals surface area contributed by atoms with Crippen LogP contribution in [0.15, 0.2) is 29.2 Å². The van der Waals surface area contributed by atoms with Gasteiger partial charge in [-0.15, -0.1) is 11.8 Å². The maximum Gasteiger partial charge on any atom is 0.308 e. The quantitative estimate of drug-likeness (QED) is 0.788. The number of amides is 1. The molecule has 0 spiro atoms. The lowest BCUT2D eigenvalue weighted by Crippen LogP contribution is -2.40. The van der Waals surface area contributed by atoms with Gasteiger partial charge in [-0.05, 0) is 37.0 Å². The largest absolute Gasteiger partial charge is 0.481 e. The molecule has 0 radical (unpaired) electrons. The molecule has 1 rings (SSSR count). The van der Waals surface area contributed by atoms with E-state index in [-0.39, 0.29) is 23.1 Å². The Morgan fingerprint density at radius 3 is 2.18 bits per heavy atom. The van der Waals surface area contributed by atoms with Gasteiger partial charge in [0.1, 0.15) is 0 Å². The number of nitrogens with one attached hydrogen (secondary N) is 1. The van der Waals surface area contributed by atoms with Crippen LogP contribution in [-0.2, 0) is 15.0 Å². The van der Waals surface area contributed by atoms with Gasteiger partial charge >= 0.3 is 5.97 Å². The zero-order valence-corrected chi connectivity index (χ0v) is 14.7. The SMILES string of the molecule is CC(NC(=O)CSc1ccc(C(C)(C)C)cc1)C(C)C(=O)O. The number of carboxylic acid groups (broad SMARTS) is 1. The fraction of sp³-hybridized carbons (Fsp3) is 0.529. The molecule has 5 heteroatoms. The van der Waals surface area contributed by atoms with Crippen molar-refractivity contribution >= 4 is 23.6 Å². The summed E-state index contributed by atoms with van der Waals surface area (Å²) in [5.41, 5.74) is 1.37. The number of carbonyl (C=O) groups is 2. The van der Waals surface area contributed by atoms with Crippen molar-refractivity contribution in [2.24, 2.45) is 5.92 Å². The Morgan fingerprint density at radius 1 is 1.18 bits per heavy atom. The lowest BCUT2D eigenvalue weighted by atomic mass is 9.87. The highest BCUT2D eigenvalue weighted by molar-refractivity contribution is 8.00. The van der Waals surface area contributed by atoms with Crippen LogP contribution in [0.4, 0.5) is 0 Å². The van der Waals surface area contributed by atoms with E-state index in [4.69, 9.17) is 5.11 Å². The van der Waals surface area contributed by atoms with Crippen LogP contribution in [-0.4, -0.2) is 28.8 Å². The lowest BCUT2D eigenvalue weighted by molar-refractivity contribution is -0.142. The third-order valence-electron chi connectivity index (χ3n) is 3.62. The maximum atomic E-state index is 11.9. The molecule has 4 nitrogen and oxygen atoms in total. The zero-order valence-electron chi connectivity index (χ0n) is 13.8. The van der Waals surface area contributed by atoms with Crippen molar-refractivity contribution in [1.82, 2.24) is 5.32 Å². The van der Waals surface area contributed by atoms with Gasteiger partial charge in [-0.1, -0.05) is 32.9 Å². The summed E-state index contributed by atoms with van der Waals surface area (Å²) in [6.07, 6.45) is 0. The van der Waals surface area contributed by atoms with Crippen LogP contribution in [0.25, 0.3) is 0 Å². The summed E-state index contributed by atoms with van der Waals surface area (Å²) >= 11 is 1.45. The summed E-state index contributed by atoms with van der Waals surface area (Å²) < 4.78 is 0. The number of carboxylic acids is 1. The third-order valence-corrected chi connectivity index (χ3v) is 4.63. The highest BCUT2D eigenvalue weighted by atomic mass is 32.2. The van der Waals surface area contributed by atoms with E-state index in [2.05, 4.69) is 38.2 Å². The van der Waals surface area contributed by atoms with Crippen LogP contribution in [0.1, 0.15) is 40.2 Å². The number of hydrogen-bond donors (Lipinski definition) is 2. The van der Waals surface area contributed by atoms with E-state index in [9.17, 15) is 9.59 Å². The molecule has 122 valence electrons. The highest BCUT2D eigenvalue weighted by Crippen LogP contribution is 2.25. The van der Waals surface area contributed by atoms with Crippen molar-refractivity contribution in [2.75, 3.05) is 5.75 Å². The Hall–Kier alpha value is -1.49. The molecule has 0 aromatic heterocycles. The first-order valence-corrected chi connectivity index (χ1v) is 8.35. The summed E-state index contributed by atoms with van der Waals surface area (Å²) in [5, 5.41) is 11.6. The van der Waals surface area contributed by atoms with Gasteiger partial charge in [0.05, 0.1) is 11.7 Å². The minimum Gasteiger partial charge on any atom is -0.481 e. The molecule has 1 aromatic rings. The summed E-state index contributed by atoms with van der Waals surface area (Å²) in [5.74, 6) is -1.37. The number of hydrogen-bond acceptors (Lipinski definition) is 3. The maximum absolute atomic E-state index is 11.9. The van der Waals surface area contributed by atoms with E-state index in [1.165, 1.54) is 17.3 Å². The number of aliphatic carboxylic acids is 1. The number of benzene rings is 1. The Balaban J connectivity index is 2.49. The topological polar surface area (TPSA) is 66.4 Å². The molecule has 0 aliphatic rings. The molecule has 22 heavy (non-hydrogen) atoms. The first kappa shape index (κ1) is 18.6. The molecular weight excluding hydrogens is 298 g/mol. The standard InChI is InChI=1S/C17H25NO3S/c1-11(16(20)21)12(2)18-15(19)10-22-14-8-6-13(7-9-14)17(3,4)5/h6-9,11-12H,10H2,1-5H3,(H,18,19)(H,20,21). The summed E-state index contributed by atoms with van der Waals surface area (Å²) in [6, 6.07) is 7.81. The van der Waals surface area contributed by atoms with Crippen molar-refractivity contribution in [3.63, 3.8) is 0 Å². The van der Waals surface area contributed by atoms with Gasteiger partial charge in [-0.2, -0.15) is 0 Å². The molecule has 0 aliphatic heterocycles. The van der Waals surface area contributed by atoms with Crippen LogP contribution in [0.3, 0.4) is 0 Å². The molecule has 2 atom stereocenters. The predicted molar refractivity (Wildman–Crippen MR) is 90.3 cm³/mol. The third kappa shape index (κ3) is 5.72. The van der Waals surface area contributed by atoms with Crippen molar-refractivity contribution in [3.05, 3.63) is 29.8 Å². The fourth-order valence-corrected chi connectivity index (χ4v) is 2.54. The summed E-state index contributed by atoms with van der Waals surface area (Å²) in [4.78, 5) is 23.7. The number of rotatable bonds is 6. The molecule has 0 saturated carbocycles. The average molecular weight is 323 g/mol. The van der Waals surface area contributed by atoms with E-state index in [1.807, 2.05) is 12.1 Å². The first-order valence-electron chi connectivity index (χ1n) is 7.36. The van der Waals surface area contributed by atoms with E-state index in [0.717, 1.165) is 4.90 Å². The lowest BCUT2D eigenvalue weighted by Gasteiger charge is -2.19. The van der Waals surface area contributed by atoms with E-state index in [1.54, 1.807) is 13.8 Å². The molecule has 2 unspecified atom stereocenters. The minimum absolute atomic E-state index is 0.114. The normalized spacial score (nSPS) is 14.2. The van der Waals surface area contributed by atoms with Crippen LogP contribution in [0.2, 0.25) is 0 Å². The second-order valence-electron chi connectivity index (χ2n) is 6.55. The van der Waals surface area contributed by atoms with Crippen molar-refractivity contribution < 1.29 is 14.7 Å². The summed E-state index contributed by atoms with van der Waals surface area (Å²) in [7, 11) is 0. The van der Waals surface area contributed by atoms with Gasteiger partial charge in [0.25, 0.3) is 0 Å².